The van der Waals surface area contributed by atoms with Crippen molar-refractivity contribution in [1.82, 2.24) is 9.88 Å². The molecule has 0 aliphatic heterocycles. The van der Waals surface area contributed by atoms with Gasteiger partial charge < -0.3 is 10.3 Å². The first-order valence-corrected chi connectivity index (χ1v) is 8.50. The van der Waals surface area contributed by atoms with Crippen LogP contribution in [0.2, 0.25) is 0 Å². The van der Waals surface area contributed by atoms with Gasteiger partial charge in [0.25, 0.3) is 0 Å². The fourth-order valence-corrected chi connectivity index (χ4v) is 4.09. The van der Waals surface area contributed by atoms with E-state index < -0.39 is 16.1 Å². The number of aromatic nitrogens is 1. The highest BCUT2D eigenvalue weighted by Crippen LogP contribution is 2.26. The van der Waals surface area contributed by atoms with Gasteiger partial charge in [-0.15, -0.1) is 0 Å². The van der Waals surface area contributed by atoms with E-state index in [1.165, 1.54) is 6.07 Å². The highest BCUT2D eigenvalue weighted by Gasteiger charge is 2.24. The van der Waals surface area contributed by atoms with E-state index in [0.29, 0.717) is 15.9 Å². The van der Waals surface area contributed by atoms with E-state index in [1.807, 2.05) is 0 Å². The summed E-state index contributed by atoms with van der Waals surface area (Å²) in [7, 11) is -3.75. The van der Waals surface area contributed by atoms with Gasteiger partial charge in [0.05, 0.1) is 11.4 Å². The van der Waals surface area contributed by atoms with Gasteiger partial charge in [-0.3, -0.25) is 0 Å². The molecule has 0 bridgehead atoms. The summed E-state index contributed by atoms with van der Waals surface area (Å²) in [6.45, 7) is 5.25. The highest BCUT2D eigenvalue weighted by molar-refractivity contribution is 9.10. The van der Waals surface area contributed by atoms with Crippen molar-refractivity contribution in [3.8, 4) is 0 Å². The number of nitrogen functional groups attached to an aromatic ring is 1. The zero-order valence-electron chi connectivity index (χ0n) is 11.8. The molecule has 114 valence electrons. The zero-order chi connectivity index (χ0) is 15.8. The number of aryl methyl sites for hydroxylation is 2. The molecule has 0 aliphatic rings. The van der Waals surface area contributed by atoms with Gasteiger partial charge in [-0.1, -0.05) is 21.1 Å². The molecule has 1 aromatic heterocycles. The fourth-order valence-electron chi connectivity index (χ4n) is 2.20. The quantitative estimate of drug-likeness (QED) is 0.802. The zero-order valence-corrected chi connectivity index (χ0v) is 14.2. The van der Waals surface area contributed by atoms with Crippen LogP contribution >= 0.6 is 15.9 Å². The lowest BCUT2D eigenvalue weighted by Crippen LogP contribution is -2.28. The Balaban J connectivity index is 2.36. The molecule has 1 aromatic carbocycles. The molecule has 0 spiro atoms. The molecule has 1 unspecified atom stereocenters. The molecule has 6 nitrogen and oxygen atoms in total. The minimum absolute atomic E-state index is 0.0375. The van der Waals surface area contributed by atoms with Crippen molar-refractivity contribution in [2.75, 3.05) is 5.73 Å². The molecular formula is C13H16BrN3O3S. The molecule has 1 atom stereocenters. The van der Waals surface area contributed by atoms with Crippen molar-refractivity contribution in [1.29, 1.82) is 0 Å². The molecule has 0 aliphatic carbocycles. The highest BCUT2D eigenvalue weighted by atomic mass is 79.9. The maximum Gasteiger partial charge on any atom is 0.243 e. The number of sulfonamides is 1. The fraction of sp³-hybridized carbons (Fsp3) is 0.308. The van der Waals surface area contributed by atoms with Gasteiger partial charge >= 0.3 is 0 Å². The third kappa shape index (κ3) is 3.28. The predicted octanol–water partition coefficient (Wildman–Crippen LogP) is 2.68. The Morgan fingerprint density at radius 3 is 2.62 bits per heavy atom. The Morgan fingerprint density at radius 1 is 1.38 bits per heavy atom. The minimum Gasteiger partial charge on any atom is -0.398 e. The van der Waals surface area contributed by atoms with Crippen molar-refractivity contribution in [2.24, 2.45) is 0 Å². The molecule has 0 radical (unpaired) electrons. The summed E-state index contributed by atoms with van der Waals surface area (Å²) < 4.78 is 33.2. The van der Waals surface area contributed by atoms with Gasteiger partial charge in [-0.2, -0.15) is 0 Å². The summed E-state index contributed by atoms with van der Waals surface area (Å²) in [6.07, 6.45) is 0. The van der Waals surface area contributed by atoms with Gasteiger partial charge in [0.2, 0.25) is 10.0 Å². The lowest BCUT2D eigenvalue weighted by Gasteiger charge is -2.15. The summed E-state index contributed by atoms with van der Waals surface area (Å²) in [5, 5.41) is 3.83. The maximum absolute atomic E-state index is 12.5. The number of halogens is 1. The minimum atomic E-state index is -3.75. The third-order valence-corrected chi connectivity index (χ3v) is 5.21. The Bertz CT molecular complexity index is 751. The molecule has 21 heavy (non-hydrogen) atoms. The lowest BCUT2D eigenvalue weighted by molar-refractivity contribution is 0.391. The van der Waals surface area contributed by atoms with Gasteiger partial charge in [-0.25, -0.2) is 13.1 Å². The van der Waals surface area contributed by atoms with E-state index in [1.54, 1.807) is 32.9 Å². The molecule has 0 saturated carbocycles. The number of rotatable bonds is 4. The van der Waals surface area contributed by atoms with E-state index in [2.05, 4.69) is 25.8 Å². The van der Waals surface area contributed by atoms with Crippen LogP contribution in [0.3, 0.4) is 0 Å². The van der Waals surface area contributed by atoms with Crippen LogP contribution in [-0.2, 0) is 10.0 Å². The number of benzene rings is 1. The van der Waals surface area contributed by atoms with E-state index in [9.17, 15) is 8.42 Å². The Labute approximate surface area is 131 Å². The van der Waals surface area contributed by atoms with E-state index >= 15 is 0 Å². The number of hydrogen-bond acceptors (Lipinski definition) is 5. The third-order valence-electron chi connectivity index (χ3n) is 3.12. The molecule has 0 amide bonds. The molecule has 2 aromatic rings. The van der Waals surface area contributed by atoms with Crippen molar-refractivity contribution in [2.45, 2.75) is 31.7 Å². The van der Waals surface area contributed by atoms with Gasteiger partial charge in [0.15, 0.2) is 0 Å². The van der Waals surface area contributed by atoms with Crippen LogP contribution in [0.15, 0.2) is 32.1 Å². The molecule has 1 heterocycles. The molecular weight excluding hydrogens is 358 g/mol. The van der Waals surface area contributed by atoms with Crippen molar-refractivity contribution in [3.63, 3.8) is 0 Å². The molecule has 0 fully saturated rings. The van der Waals surface area contributed by atoms with Gasteiger partial charge in [0, 0.05) is 16.1 Å². The van der Waals surface area contributed by atoms with Crippen molar-refractivity contribution in [3.05, 3.63) is 39.7 Å². The topological polar surface area (TPSA) is 98.2 Å². The summed E-state index contributed by atoms with van der Waals surface area (Å²) in [5.74, 6) is 0.588. The first-order chi connectivity index (χ1) is 9.72. The second-order valence-corrected chi connectivity index (χ2v) is 7.36. The maximum atomic E-state index is 12.5. The number of nitrogens with two attached hydrogens (primary N) is 1. The lowest BCUT2D eigenvalue weighted by atomic mass is 10.1. The molecule has 0 saturated heterocycles. The molecule has 8 heteroatoms. The largest absolute Gasteiger partial charge is 0.398 e. The van der Waals surface area contributed by atoms with E-state index in [0.717, 1.165) is 5.56 Å². The van der Waals surface area contributed by atoms with Crippen LogP contribution < -0.4 is 10.5 Å². The average Bonchev–Trinajstić information content (AvgIpc) is 2.71. The number of hydrogen-bond donors (Lipinski definition) is 2. The second-order valence-electron chi connectivity index (χ2n) is 4.76. The van der Waals surface area contributed by atoms with Gasteiger partial charge in [-0.05, 0) is 39.0 Å². The summed E-state index contributed by atoms with van der Waals surface area (Å²) >= 11 is 3.24. The average molecular weight is 374 g/mol. The van der Waals surface area contributed by atoms with Crippen molar-refractivity contribution < 1.29 is 12.9 Å². The Hall–Kier alpha value is -1.38. The monoisotopic (exact) mass is 373 g/mol. The van der Waals surface area contributed by atoms with E-state index in [-0.39, 0.29) is 10.6 Å². The SMILES string of the molecule is Cc1noc(C)c1C(C)NS(=O)(=O)c1cc(Br)ccc1N. The summed E-state index contributed by atoms with van der Waals surface area (Å²) in [5.41, 5.74) is 7.34. The number of nitrogens with one attached hydrogen (secondary N) is 1. The van der Waals surface area contributed by atoms with Crippen LogP contribution in [0, 0.1) is 13.8 Å². The number of anilines is 1. The van der Waals surface area contributed by atoms with Crippen LogP contribution in [0.5, 0.6) is 0 Å². The Morgan fingerprint density at radius 2 is 2.05 bits per heavy atom. The van der Waals surface area contributed by atoms with E-state index in [4.69, 9.17) is 10.3 Å². The molecule has 2 rings (SSSR count). The standard InChI is InChI=1S/C13H16BrN3O3S/c1-7-13(9(3)20-16-7)8(2)17-21(18,19)12-6-10(14)4-5-11(12)15/h4-6,8,17H,15H2,1-3H3. The van der Waals surface area contributed by atoms with Crippen molar-refractivity contribution >= 4 is 31.6 Å². The second kappa shape index (κ2) is 5.78. The molecule has 3 N–H and O–H groups in total. The van der Waals surface area contributed by atoms with Crippen LogP contribution in [0.25, 0.3) is 0 Å². The van der Waals surface area contributed by atoms with Crippen LogP contribution in [0.1, 0.15) is 30.0 Å². The smallest absolute Gasteiger partial charge is 0.243 e. The first-order valence-electron chi connectivity index (χ1n) is 6.22. The van der Waals surface area contributed by atoms with Gasteiger partial charge in [0.1, 0.15) is 10.7 Å². The first kappa shape index (κ1) is 16.0. The Kier molecular flexibility index (Phi) is 4.40. The summed E-state index contributed by atoms with van der Waals surface area (Å²) in [4.78, 5) is 0.0375. The normalized spacial score (nSPS) is 13.3. The van der Waals surface area contributed by atoms with Crippen LogP contribution in [0.4, 0.5) is 5.69 Å². The summed E-state index contributed by atoms with van der Waals surface area (Å²) in [6, 6.07) is 4.22. The van der Waals surface area contributed by atoms with Crippen LogP contribution in [-0.4, -0.2) is 13.6 Å². The predicted molar refractivity (Wildman–Crippen MR) is 83.3 cm³/mol. The number of nitrogens with zero attached hydrogens (tertiary/aromatic N) is 1.